The fourth-order valence-electron chi connectivity index (χ4n) is 13.7. The van der Waals surface area contributed by atoms with Crippen molar-refractivity contribution in [3.8, 4) is 16.9 Å². The summed E-state index contributed by atoms with van der Waals surface area (Å²) in [7, 11) is 10.1. The number of fused-ring (bicyclic) bond motifs is 1. The van der Waals surface area contributed by atoms with E-state index in [0.717, 1.165) is 61.4 Å². The first-order chi connectivity index (χ1) is 57.4. The van der Waals surface area contributed by atoms with Gasteiger partial charge in [0.05, 0.1) is 7.11 Å². The summed E-state index contributed by atoms with van der Waals surface area (Å²) in [5, 5.41) is 29.6. The van der Waals surface area contributed by atoms with Crippen molar-refractivity contribution in [2.45, 2.75) is 248 Å². The fraction of sp³-hybridized carbons (Fsp3) is 0.439. The van der Waals surface area contributed by atoms with Gasteiger partial charge >= 0.3 is 0 Å². The van der Waals surface area contributed by atoms with Crippen molar-refractivity contribution in [1.29, 1.82) is 0 Å². The second-order valence-electron chi connectivity index (χ2n) is 34.2. The Kier molecular flexibility index (Phi) is 52.8. The Bertz CT molecular complexity index is 4160. The van der Waals surface area contributed by atoms with E-state index in [1.165, 1.54) is 86.0 Å². The van der Waals surface area contributed by atoms with Crippen molar-refractivity contribution in [2.24, 2.45) is 0 Å². The molecule has 0 saturated carbocycles. The summed E-state index contributed by atoms with van der Waals surface area (Å²) in [4.78, 5) is 4.45. The summed E-state index contributed by atoms with van der Waals surface area (Å²) in [6.45, 7) is 44.1. The van der Waals surface area contributed by atoms with Crippen LogP contribution in [0.2, 0.25) is 10.0 Å². The van der Waals surface area contributed by atoms with E-state index in [1.807, 2.05) is 42.5 Å². The molecule has 0 spiro atoms. The summed E-state index contributed by atoms with van der Waals surface area (Å²) in [5.41, 5.74) is 16.3. The number of benzene rings is 10. The van der Waals surface area contributed by atoms with Crippen molar-refractivity contribution < 1.29 is 4.74 Å². The predicted molar refractivity (Wildman–Crippen MR) is 525 cm³/mol. The van der Waals surface area contributed by atoms with E-state index in [2.05, 4.69) is 436 Å². The molecule has 11 rings (SSSR count). The molecule has 10 aromatic carbocycles. The van der Waals surface area contributed by atoms with Gasteiger partial charge in [0.25, 0.3) is 0 Å². The van der Waals surface area contributed by atoms with E-state index >= 15 is 0 Å². The maximum absolute atomic E-state index is 6.22. The Labute approximate surface area is 740 Å². The summed E-state index contributed by atoms with van der Waals surface area (Å²) in [6, 6.07) is 101. The first-order valence-electron chi connectivity index (χ1n) is 44.2. The van der Waals surface area contributed by atoms with Crippen LogP contribution in [-0.4, -0.2) is 120 Å². The lowest BCUT2D eigenvalue weighted by atomic mass is 9.87. The van der Waals surface area contributed by atoms with E-state index in [4.69, 9.17) is 27.9 Å². The average Bonchev–Trinajstić information content (AvgIpc) is 0.829. The van der Waals surface area contributed by atoms with Gasteiger partial charge in [-0.1, -0.05) is 384 Å². The van der Waals surface area contributed by atoms with Gasteiger partial charge in [-0.25, -0.2) is 0 Å². The lowest BCUT2D eigenvalue weighted by Gasteiger charge is -2.28. The molecule has 120 heavy (non-hydrogen) atoms. The maximum atomic E-state index is 6.22. The number of likely N-dealkylation sites (N-methyl/N-ethyl adjacent to an activating group) is 2. The summed E-state index contributed by atoms with van der Waals surface area (Å²) in [6.07, 6.45) is 5.96. The van der Waals surface area contributed by atoms with Gasteiger partial charge in [0.2, 0.25) is 0 Å². The van der Waals surface area contributed by atoms with Crippen molar-refractivity contribution in [2.75, 3.05) is 61.5 Å². The monoisotopic (exact) mass is 1670 g/mol. The number of halogens is 2. The number of aryl methyl sites for hydroxylation is 1. The number of methoxy groups -OCH3 is 1. The highest BCUT2D eigenvalue weighted by atomic mass is 35.5. The molecule has 1 aliphatic rings. The molecule has 0 heterocycles. The van der Waals surface area contributed by atoms with Crippen LogP contribution in [0.3, 0.4) is 0 Å². The second kappa shape index (κ2) is 60.6. The molecule has 11 nitrogen and oxygen atoms in total. The second-order valence-corrected chi connectivity index (χ2v) is 35.0. The third-order valence-corrected chi connectivity index (χ3v) is 20.7. The van der Waals surface area contributed by atoms with Crippen molar-refractivity contribution in [3.63, 3.8) is 0 Å². The molecule has 10 aromatic rings. The number of hydrogen-bond acceptors (Lipinski definition) is 11. The molecular formula is C107H156Cl2N10O. The average molecular weight is 1670 g/mol. The first kappa shape index (κ1) is 105. The first-order valence-corrected chi connectivity index (χ1v) is 45.0. The molecule has 0 saturated heterocycles. The Morgan fingerprint density at radius 1 is 0.400 bits per heavy atom. The minimum absolute atomic E-state index is 0.316. The lowest BCUT2D eigenvalue weighted by molar-refractivity contribution is 0.283. The zero-order valence-electron chi connectivity index (χ0n) is 77.7. The molecule has 0 bridgehead atoms. The molecule has 8 N–H and O–H groups in total. The SMILES string of the molecule is CC(C)NC(Cc1ccccc1)c1ccccc1.CC(C)NCC(c1ccccc1)N(C)C.CC(C)NCC(c1ccccc1Cl)N(C)C.CC(C)NCCc1ccc(Cl)cc1.CC(C)NC[C@H](C)c1ccccc1.CC(C)NCc1ccccc1-c1ccccc1.CC(C)N[C@@H]1CCCc2ccccc21.COc1cccc([C@@H](C)NC(C)C)c1. The number of nitrogens with one attached hydrogen (secondary N) is 8. The van der Waals surface area contributed by atoms with Crippen LogP contribution in [0, 0.1) is 0 Å². The van der Waals surface area contributed by atoms with Crippen molar-refractivity contribution in [3.05, 3.63) is 339 Å². The highest BCUT2D eigenvalue weighted by Gasteiger charge is 2.21. The minimum Gasteiger partial charge on any atom is -0.497 e. The van der Waals surface area contributed by atoms with Gasteiger partial charge < -0.3 is 57.1 Å². The van der Waals surface area contributed by atoms with Crippen LogP contribution in [0.5, 0.6) is 5.75 Å². The number of nitrogens with zero attached hydrogens (tertiary/aromatic N) is 2. The molecule has 3 unspecified atom stereocenters. The molecule has 0 radical (unpaired) electrons. The van der Waals surface area contributed by atoms with Crippen LogP contribution in [-0.2, 0) is 25.8 Å². The van der Waals surface area contributed by atoms with Gasteiger partial charge in [-0.2, -0.15) is 0 Å². The Morgan fingerprint density at radius 2 is 0.875 bits per heavy atom. The zero-order valence-corrected chi connectivity index (χ0v) is 79.2. The molecule has 0 amide bonds. The largest absolute Gasteiger partial charge is 0.497 e. The Balaban J connectivity index is 0.000000289. The van der Waals surface area contributed by atoms with E-state index in [1.54, 1.807) is 7.11 Å². The van der Waals surface area contributed by atoms with Crippen molar-refractivity contribution >= 4 is 23.2 Å². The quantitative estimate of drug-likeness (QED) is 0.0201. The van der Waals surface area contributed by atoms with Crippen LogP contribution in [0.4, 0.5) is 0 Å². The van der Waals surface area contributed by atoms with Gasteiger partial charge in [0, 0.05) is 115 Å². The van der Waals surface area contributed by atoms with Crippen LogP contribution < -0.4 is 47.3 Å². The topological polar surface area (TPSA) is 112 Å². The summed E-state index contributed by atoms with van der Waals surface area (Å²) in [5.74, 6) is 1.52. The molecule has 0 aliphatic heterocycles. The molecule has 0 aromatic heterocycles. The van der Waals surface area contributed by atoms with Gasteiger partial charge in [0.15, 0.2) is 0 Å². The number of ether oxygens (including phenoxy) is 1. The van der Waals surface area contributed by atoms with E-state index in [-0.39, 0.29) is 0 Å². The van der Waals surface area contributed by atoms with Gasteiger partial charge in [-0.3, -0.25) is 0 Å². The van der Waals surface area contributed by atoms with Crippen LogP contribution in [0.1, 0.15) is 229 Å². The summed E-state index contributed by atoms with van der Waals surface area (Å²) >= 11 is 12.0. The third-order valence-electron chi connectivity index (χ3n) is 20.1. The maximum Gasteiger partial charge on any atom is 0.119 e. The van der Waals surface area contributed by atoms with E-state index in [0.29, 0.717) is 84.5 Å². The van der Waals surface area contributed by atoms with Crippen LogP contribution in [0.25, 0.3) is 11.1 Å². The zero-order chi connectivity index (χ0) is 88.2. The predicted octanol–water partition coefficient (Wildman–Crippen LogP) is 24.5. The van der Waals surface area contributed by atoms with Crippen LogP contribution >= 0.6 is 23.2 Å². The van der Waals surface area contributed by atoms with Crippen LogP contribution in [0.15, 0.2) is 273 Å². The highest BCUT2D eigenvalue weighted by molar-refractivity contribution is 6.31. The highest BCUT2D eigenvalue weighted by Crippen LogP contribution is 2.31. The van der Waals surface area contributed by atoms with Crippen molar-refractivity contribution in [1.82, 2.24) is 52.3 Å². The molecule has 1 aliphatic carbocycles. The Hall–Kier alpha value is -7.82. The summed E-state index contributed by atoms with van der Waals surface area (Å²) < 4.78 is 5.18. The van der Waals surface area contributed by atoms with Gasteiger partial charge in [-0.15, -0.1) is 0 Å². The molecule has 654 valence electrons. The van der Waals surface area contributed by atoms with E-state index < -0.39 is 0 Å². The molecule has 0 fully saturated rings. The fourth-order valence-corrected chi connectivity index (χ4v) is 14.1. The normalized spacial score (nSPS) is 13.4. The van der Waals surface area contributed by atoms with Gasteiger partial charge in [0.1, 0.15) is 5.75 Å². The van der Waals surface area contributed by atoms with E-state index in [9.17, 15) is 0 Å². The number of hydrogen-bond donors (Lipinski definition) is 8. The van der Waals surface area contributed by atoms with Gasteiger partial charge in [-0.05, 0) is 177 Å². The third kappa shape index (κ3) is 44.8. The molecule has 6 atom stereocenters. The Morgan fingerprint density at radius 3 is 1.41 bits per heavy atom. The minimum atomic E-state index is 0.316. The number of rotatable bonds is 33. The smallest absolute Gasteiger partial charge is 0.119 e. The standard InChI is InChI=1S/C17H21N.C16H19N.C13H21ClN2.C13H22N2.C13H19N.C12H19NO.C12H19N.C11H16ClN/c1-14(2)18-17(16-11-7-4-8-12-16)13-15-9-5-3-6-10-15;1-13(2)17-12-15-10-6-7-11-16(15)14-8-4-3-5-9-14;1-10(2)15-9-13(16(3)4)11-7-5-6-8-12(11)14;1-11(2)14-10-13(15(3)4)12-8-6-5-7-9-12;1-10(2)14-13-9-5-7-11-6-3-4-8-12(11)13;1-9(2)13-10(3)11-6-5-7-12(8-11)14-4;1-10(2)13-9-11(3)12-7-5-4-6-8-12;1-9(2)13-8-7-10-3-5-11(12)6-4-10/h3-12,14,17-18H,13H2,1-2H3;3-11,13,17H,12H2,1-2H3;5-8,10,13,15H,9H2,1-4H3;5-9,11,13-14H,10H2,1-4H3;3-4,6,8,10,13-14H,5,7,9H2,1-2H3;5-10,13H,1-4H3;4-8,10-11,13H,9H2,1-3H3;3-6,9,13H,7-8H2,1-2H3/t;;;;13-;10-;11-;/m....110./s1. The molecular weight excluding hydrogens is 1510 g/mol. The lowest BCUT2D eigenvalue weighted by Crippen LogP contribution is -2.34. The molecule has 13 heteroatoms.